The molecule has 0 aliphatic heterocycles. The normalized spacial score (nSPS) is 18.6. The van der Waals surface area contributed by atoms with Crippen LogP contribution in [0.3, 0.4) is 0 Å². The summed E-state index contributed by atoms with van der Waals surface area (Å²) < 4.78 is 46.6. The Morgan fingerprint density at radius 1 is 1.14 bits per heavy atom. The Labute approximate surface area is 166 Å². The van der Waals surface area contributed by atoms with E-state index in [4.69, 9.17) is 4.74 Å². The standard InChI is InChI=1S/C22H21F3N2O2/c1-29-7-6-19(28)26-16-8-13(9-16)20-17-10-15(24)11-18(25)22(17)27-21(20)12-2-4-14(23)5-3-12/h2-5,10-11,13,16,27H,6-9H2,1H3,(H,26,28). The van der Waals surface area contributed by atoms with Crippen molar-refractivity contribution in [1.82, 2.24) is 10.3 Å². The molecular formula is C22H21F3N2O2. The number of aromatic amines is 1. The molecule has 29 heavy (non-hydrogen) atoms. The molecule has 7 heteroatoms. The monoisotopic (exact) mass is 402 g/mol. The number of halogens is 3. The van der Waals surface area contributed by atoms with Gasteiger partial charge in [0.15, 0.2) is 0 Å². The van der Waals surface area contributed by atoms with Crippen LogP contribution in [0.15, 0.2) is 36.4 Å². The quantitative estimate of drug-likeness (QED) is 0.631. The predicted octanol–water partition coefficient (Wildman–Crippen LogP) is 4.65. The molecule has 1 amide bonds. The molecule has 0 radical (unpaired) electrons. The molecule has 0 unspecified atom stereocenters. The molecule has 1 aromatic heterocycles. The Balaban J connectivity index is 1.65. The van der Waals surface area contributed by atoms with Crippen LogP contribution in [0, 0.1) is 17.5 Å². The third-order valence-corrected chi connectivity index (χ3v) is 5.44. The molecule has 1 heterocycles. The lowest BCUT2D eigenvalue weighted by Gasteiger charge is -2.36. The summed E-state index contributed by atoms with van der Waals surface area (Å²) in [6.45, 7) is 0.359. The van der Waals surface area contributed by atoms with E-state index in [0.29, 0.717) is 42.5 Å². The summed E-state index contributed by atoms with van der Waals surface area (Å²) in [4.78, 5) is 14.9. The summed E-state index contributed by atoms with van der Waals surface area (Å²) in [5.41, 5.74) is 2.38. The number of aromatic nitrogens is 1. The molecule has 1 saturated carbocycles. The second kappa shape index (κ2) is 7.91. The number of amides is 1. The molecule has 0 bridgehead atoms. The maximum atomic E-state index is 14.4. The zero-order chi connectivity index (χ0) is 20.5. The summed E-state index contributed by atoms with van der Waals surface area (Å²) in [6.07, 6.45) is 1.62. The highest BCUT2D eigenvalue weighted by molar-refractivity contribution is 5.92. The maximum Gasteiger partial charge on any atom is 0.222 e. The largest absolute Gasteiger partial charge is 0.384 e. The van der Waals surface area contributed by atoms with Crippen molar-refractivity contribution in [3.8, 4) is 11.3 Å². The first kappa shape index (κ1) is 19.5. The zero-order valence-electron chi connectivity index (χ0n) is 15.9. The molecule has 1 aliphatic carbocycles. The SMILES string of the molecule is COCCC(=O)NC1CC(c2c(-c3ccc(F)cc3)[nH]c3c(F)cc(F)cc23)C1. The molecule has 4 nitrogen and oxygen atoms in total. The average Bonchev–Trinajstić information content (AvgIpc) is 3.02. The number of H-pyrrole nitrogens is 1. The number of benzene rings is 2. The number of hydrogen-bond donors (Lipinski definition) is 2. The van der Waals surface area contributed by atoms with Crippen LogP contribution in [0.1, 0.15) is 30.7 Å². The van der Waals surface area contributed by atoms with Gasteiger partial charge < -0.3 is 15.0 Å². The molecular weight excluding hydrogens is 381 g/mol. The van der Waals surface area contributed by atoms with Crippen molar-refractivity contribution in [2.24, 2.45) is 0 Å². The van der Waals surface area contributed by atoms with E-state index in [1.807, 2.05) is 0 Å². The molecule has 152 valence electrons. The van der Waals surface area contributed by atoms with Crippen LogP contribution in [-0.2, 0) is 9.53 Å². The van der Waals surface area contributed by atoms with E-state index >= 15 is 0 Å². The molecule has 1 aliphatic rings. The van der Waals surface area contributed by atoms with Crippen molar-refractivity contribution >= 4 is 16.8 Å². The van der Waals surface area contributed by atoms with Crippen LogP contribution in [0.5, 0.6) is 0 Å². The summed E-state index contributed by atoms with van der Waals surface area (Å²) in [6, 6.07) is 8.07. The van der Waals surface area contributed by atoms with Crippen molar-refractivity contribution in [2.45, 2.75) is 31.2 Å². The number of methoxy groups -OCH3 is 1. The smallest absolute Gasteiger partial charge is 0.222 e. The molecule has 4 rings (SSSR count). The number of rotatable bonds is 6. The van der Waals surface area contributed by atoms with Gasteiger partial charge >= 0.3 is 0 Å². The summed E-state index contributed by atoms with van der Waals surface area (Å²) in [5.74, 6) is -1.74. The Morgan fingerprint density at radius 2 is 1.86 bits per heavy atom. The molecule has 0 atom stereocenters. The van der Waals surface area contributed by atoms with Gasteiger partial charge in [-0.25, -0.2) is 13.2 Å². The first-order chi connectivity index (χ1) is 14.0. The molecule has 3 aromatic rings. The van der Waals surface area contributed by atoms with Gasteiger partial charge in [-0.3, -0.25) is 4.79 Å². The van der Waals surface area contributed by atoms with E-state index in [2.05, 4.69) is 10.3 Å². The van der Waals surface area contributed by atoms with Gasteiger partial charge in [-0.15, -0.1) is 0 Å². The molecule has 2 aromatic carbocycles. The molecule has 0 spiro atoms. The van der Waals surface area contributed by atoms with Crippen LogP contribution in [-0.4, -0.2) is 30.6 Å². The maximum absolute atomic E-state index is 14.4. The molecule has 0 saturated heterocycles. The third-order valence-electron chi connectivity index (χ3n) is 5.44. The van der Waals surface area contributed by atoms with E-state index in [0.717, 1.165) is 11.6 Å². The predicted molar refractivity (Wildman–Crippen MR) is 104 cm³/mol. The number of hydrogen-bond acceptors (Lipinski definition) is 2. The number of ether oxygens (including phenoxy) is 1. The first-order valence-electron chi connectivity index (χ1n) is 9.51. The van der Waals surface area contributed by atoms with Gasteiger partial charge in [-0.05, 0) is 60.2 Å². The number of fused-ring (bicyclic) bond motifs is 1. The van der Waals surface area contributed by atoms with E-state index in [-0.39, 0.29) is 29.2 Å². The van der Waals surface area contributed by atoms with Crippen molar-refractivity contribution in [1.29, 1.82) is 0 Å². The van der Waals surface area contributed by atoms with E-state index in [9.17, 15) is 18.0 Å². The number of carbonyl (C=O) groups is 1. The highest BCUT2D eigenvalue weighted by Crippen LogP contribution is 2.45. The van der Waals surface area contributed by atoms with Gasteiger partial charge in [-0.2, -0.15) is 0 Å². The van der Waals surface area contributed by atoms with Crippen LogP contribution < -0.4 is 5.32 Å². The minimum Gasteiger partial charge on any atom is -0.384 e. The van der Waals surface area contributed by atoms with Crippen LogP contribution in [0.25, 0.3) is 22.2 Å². The first-order valence-corrected chi connectivity index (χ1v) is 9.51. The Kier molecular flexibility index (Phi) is 5.32. The van der Waals surface area contributed by atoms with Gasteiger partial charge in [0.05, 0.1) is 17.8 Å². The van der Waals surface area contributed by atoms with Crippen molar-refractivity contribution < 1.29 is 22.7 Å². The van der Waals surface area contributed by atoms with Crippen molar-refractivity contribution in [2.75, 3.05) is 13.7 Å². The van der Waals surface area contributed by atoms with Gasteiger partial charge in [0.25, 0.3) is 0 Å². The Bertz CT molecular complexity index is 1040. The molecule has 2 N–H and O–H groups in total. The highest BCUT2D eigenvalue weighted by atomic mass is 19.1. The summed E-state index contributed by atoms with van der Waals surface area (Å²) in [5, 5.41) is 3.44. The van der Waals surface area contributed by atoms with Crippen molar-refractivity contribution in [3.05, 3.63) is 59.4 Å². The third kappa shape index (κ3) is 3.87. The number of nitrogens with one attached hydrogen (secondary N) is 2. The van der Waals surface area contributed by atoms with Crippen LogP contribution in [0.2, 0.25) is 0 Å². The Morgan fingerprint density at radius 3 is 2.55 bits per heavy atom. The Hall–Kier alpha value is -2.80. The van der Waals surface area contributed by atoms with Gasteiger partial charge in [0, 0.05) is 31.0 Å². The minimum absolute atomic E-state index is 0.00813. The number of carbonyl (C=O) groups excluding carboxylic acids is 1. The van der Waals surface area contributed by atoms with E-state index in [1.54, 1.807) is 19.2 Å². The zero-order valence-corrected chi connectivity index (χ0v) is 15.9. The van der Waals surface area contributed by atoms with Gasteiger partial charge in [0.2, 0.25) is 5.91 Å². The second-order valence-corrected chi connectivity index (χ2v) is 7.41. The van der Waals surface area contributed by atoms with Crippen LogP contribution >= 0.6 is 0 Å². The second-order valence-electron chi connectivity index (χ2n) is 7.41. The van der Waals surface area contributed by atoms with Crippen molar-refractivity contribution in [3.63, 3.8) is 0 Å². The van der Waals surface area contributed by atoms with Crippen LogP contribution in [0.4, 0.5) is 13.2 Å². The van der Waals surface area contributed by atoms with E-state index < -0.39 is 11.6 Å². The lowest BCUT2D eigenvalue weighted by atomic mass is 9.74. The van der Waals surface area contributed by atoms with Gasteiger partial charge in [0.1, 0.15) is 17.5 Å². The lowest BCUT2D eigenvalue weighted by Crippen LogP contribution is -2.43. The fourth-order valence-corrected chi connectivity index (χ4v) is 3.97. The summed E-state index contributed by atoms with van der Waals surface area (Å²) in [7, 11) is 1.54. The topological polar surface area (TPSA) is 54.1 Å². The summed E-state index contributed by atoms with van der Waals surface area (Å²) >= 11 is 0. The van der Waals surface area contributed by atoms with Gasteiger partial charge in [-0.1, -0.05) is 0 Å². The lowest BCUT2D eigenvalue weighted by molar-refractivity contribution is -0.123. The minimum atomic E-state index is -0.668. The molecule has 1 fully saturated rings. The highest BCUT2D eigenvalue weighted by Gasteiger charge is 2.35. The average molecular weight is 402 g/mol. The van der Waals surface area contributed by atoms with E-state index in [1.165, 1.54) is 18.2 Å². The fraction of sp³-hybridized carbons (Fsp3) is 0.318. The fourth-order valence-electron chi connectivity index (χ4n) is 3.97.